The predicted octanol–water partition coefficient (Wildman–Crippen LogP) is 8.91. The Kier molecular flexibility index (Phi) is 10.2. The van der Waals surface area contributed by atoms with Crippen molar-refractivity contribution in [3.05, 3.63) is 95.1 Å². The van der Waals surface area contributed by atoms with Crippen molar-refractivity contribution < 1.29 is 37.7 Å². The van der Waals surface area contributed by atoms with Gasteiger partial charge in [-0.3, -0.25) is 4.79 Å². The van der Waals surface area contributed by atoms with E-state index in [1.54, 1.807) is 30.3 Å². The molecule has 0 fully saturated rings. The SMILES string of the molecule is CCC(C)(CC(CC(C)(C)c1ccc(C(C)(O)C(F)(F)F)cc1)c1ccc(O)c(OC)c1)C(=O)OC(C)(C)c1ccccc1. The number of methoxy groups -OCH3 is 1. The molecule has 3 rings (SSSR count). The third kappa shape index (κ3) is 7.57. The Morgan fingerprint density at radius 1 is 0.818 bits per heavy atom. The van der Waals surface area contributed by atoms with Crippen molar-refractivity contribution in [1.29, 1.82) is 0 Å². The Balaban J connectivity index is 1.98. The molecule has 3 aromatic carbocycles. The Morgan fingerprint density at radius 3 is 1.91 bits per heavy atom. The number of esters is 1. The summed E-state index contributed by atoms with van der Waals surface area (Å²) in [6, 6.07) is 20.5. The van der Waals surface area contributed by atoms with Gasteiger partial charge in [-0.15, -0.1) is 0 Å². The van der Waals surface area contributed by atoms with Crippen LogP contribution < -0.4 is 4.74 Å². The maximum absolute atomic E-state index is 13.9. The third-order valence-corrected chi connectivity index (χ3v) is 9.00. The summed E-state index contributed by atoms with van der Waals surface area (Å²) in [4.78, 5) is 13.9. The van der Waals surface area contributed by atoms with Crippen LogP contribution in [-0.4, -0.2) is 29.5 Å². The number of benzene rings is 3. The highest BCUT2D eigenvalue weighted by molar-refractivity contribution is 5.77. The Hall–Kier alpha value is -3.52. The van der Waals surface area contributed by atoms with E-state index < -0.39 is 28.2 Å². The molecule has 0 aliphatic heterocycles. The van der Waals surface area contributed by atoms with Crippen molar-refractivity contribution in [2.45, 2.75) is 96.4 Å². The molecule has 0 saturated heterocycles. The van der Waals surface area contributed by atoms with Gasteiger partial charge in [0.25, 0.3) is 0 Å². The molecule has 0 saturated carbocycles. The predicted molar refractivity (Wildman–Crippen MR) is 166 cm³/mol. The standard InChI is InChI=1S/C36H45F3O5/c1-9-34(6,31(41)44-33(4,5)27-13-11-10-12-14-27)23-25(24-15-20-29(40)30(21-24)43-8)22-32(2,3)26-16-18-28(19-17-26)35(7,42)36(37,38)39/h10-21,25,40,42H,9,22-23H2,1-8H3. The second kappa shape index (κ2) is 12.8. The topological polar surface area (TPSA) is 76.0 Å². The number of hydrogen-bond acceptors (Lipinski definition) is 5. The number of phenols is 1. The van der Waals surface area contributed by atoms with Gasteiger partial charge in [-0.25, -0.2) is 0 Å². The van der Waals surface area contributed by atoms with Gasteiger partial charge in [0.05, 0.1) is 12.5 Å². The van der Waals surface area contributed by atoms with Crippen LogP contribution in [0.4, 0.5) is 13.2 Å². The summed E-state index contributed by atoms with van der Waals surface area (Å²) in [5.41, 5.74) is -3.01. The third-order valence-electron chi connectivity index (χ3n) is 9.00. The number of aliphatic hydroxyl groups is 1. The highest BCUT2D eigenvalue weighted by atomic mass is 19.4. The van der Waals surface area contributed by atoms with Crippen molar-refractivity contribution >= 4 is 5.97 Å². The van der Waals surface area contributed by atoms with Crippen LogP contribution in [0.2, 0.25) is 0 Å². The van der Waals surface area contributed by atoms with E-state index in [-0.39, 0.29) is 23.2 Å². The average Bonchev–Trinajstić information content (AvgIpc) is 2.96. The lowest BCUT2D eigenvalue weighted by molar-refractivity contribution is -0.258. The van der Waals surface area contributed by atoms with E-state index in [1.807, 2.05) is 71.9 Å². The highest BCUT2D eigenvalue weighted by Gasteiger charge is 2.51. The van der Waals surface area contributed by atoms with Crippen LogP contribution in [0.15, 0.2) is 72.8 Å². The molecule has 0 bridgehead atoms. The summed E-state index contributed by atoms with van der Waals surface area (Å²) in [6.07, 6.45) is -3.39. The lowest BCUT2D eigenvalue weighted by atomic mass is 9.69. The van der Waals surface area contributed by atoms with Gasteiger partial charge in [0.1, 0.15) is 5.60 Å². The number of phenolic OH excluding ortho intramolecular Hbond substituents is 1. The summed E-state index contributed by atoms with van der Waals surface area (Å²) in [5.74, 6) is -0.269. The number of alkyl halides is 3. The fourth-order valence-electron chi connectivity index (χ4n) is 5.57. The van der Waals surface area contributed by atoms with E-state index in [2.05, 4.69) is 0 Å². The summed E-state index contributed by atoms with van der Waals surface area (Å²) < 4.78 is 51.9. The number of rotatable bonds is 12. The van der Waals surface area contributed by atoms with Crippen LogP contribution in [0.1, 0.15) is 95.9 Å². The molecule has 0 aromatic heterocycles. The van der Waals surface area contributed by atoms with E-state index >= 15 is 0 Å². The first kappa shape index (κ1) is 35.0. The van der Waals surface area contributed by atoms with Gasteiger partial charge in [-0.2, -0.15) is 13.2 Å². The quantitative estimate of drug-likeness (QED) is 0.199. The number of carbonyl (C=O) groups excluding carboxylic acids is 1. The van der Waals surface area contributed by atoms with Gasteiger partial charge in [0.15, 0.2) is 17.1 Å². The molecule has 0 heterocycles. The first-order valence-corrected chi connectivity index (χ1v) is 14.8. The molecule has 0 aliphatic rings. The fraction of sp³-hybridized carbons (Fsp3) is 0.472. The van der Waals surface area contributed by atoms with Crippen molar-refractivity contribution in [2.75, 3.05) is 7.11 Å². The minimum atomic E-state index is -4.82. The molecular weight excluding hydrogens is 569 g/mol. The molecule has 3 atom stereocenters. The molecule has 0 amide bonds. The summed E-state index contributed by atoms with van der Waals surface area (Å²) in [5, 5.41) is 20.4. The summed E-state index contributed by atoms with van der Waals surface area (Å²) >= 11 is 0. The molecule has 0 radical (unpaired) electrons. The second-order valence-electron chi connectivity index (χ2n) is 13.2. The molecule has 240 valence electrons. The van der Waals surface area contributed by atoms with E-state index in [0.29, 0.717) is 25.0 Å². The van der Waals surface area contributed by atoms with Crippen LogP contribution >= 0.6 is 0 Å². The number of hydrogen-bond donors (Lipinski definition) is 2. The normalized spacial score (nSPS) is 16.0. The molecule has 5 nitrogen and oxygen atoms in total. The zero-order valence-corrected chi connectivity index (χ0v) is 26.9. The maximum Gasteiger partial charge on any atom is 0.421 e. The summed E-state index contributed by atoms with van der Waals surface area (Å²) in [6.45, 7) is 12.3. The number of carbonyl (C=O) groups is 1. The minimum Gasteiger partial charge on any atom is -0.504 e. The van der Waals surface area contributed by atoms with Crippen molar-refractivity contribution in [1.82, 2.24) is 0 Å². The molecule has 0 spiro atoms. The smallest absolute Gasteiger partial charge is 0.421 e. The lowest BCUT2D eigenvalue weighted by Crippen LogP contribution is -2.39. The molecule has 3 aromatic rings. The molecule has 2 N–H and O–H groups in total. The minimum absolute atomic E-state index is 0.0103. The largest absolute Gasteiger partial charge is 0.504 e. The first-order chi connectivity index (χ1) is 20.3. The Labute approximate surface area is 259 Å². The van der Waals surface area contributed by atoms with Crippen LogP contribution in [-0.2, 0) is 26.1 Å². The van der Waals surface area contributed by atoms with Gasteiger partial charge < -0.3 is 19.7 Å². The van der Waals surface area contributed by atoms with Crippen molar-refractivity contribution in [3.8, 4) is 11.5 Å². The second-order valence-corrected chi connectivity index (χ2v) is 13.2. The number of aromatic hydroxyl groups is 1. The zero-order chi connectivity index (χ0) is 33.1. The maximum atomic E-state index is 13.9. The van der Waals surface area contributed by atoms with Crippen LogP contribution in [0.3, 0.4) is 0 Å². The lowest BCUT2D eigenvalue weighted by Gasteiger charge is -2.38. The van der Waals surface area contributed by atoms with Crippen molar-refractivity contribution in [3.63, 3.8) is 0 Å². The monoisotopic (exact) mass is 614 g/mol. The van der Waals surface area contributed by atoms with Gasteiger partial charge >= 0.3 is 12.1 Å². The van der Waals surface area contributed by atoms with Crippen molar-refractivity contribution in [2.24, 2.45) is 5.41 Å². The van der Waals surface area contributed by atoms with Crippen LogP contribution in [0.25, 0.3) is 0 Å². The number of halogens is 3. The fourth-order valence-corrected chi connectivity index (χ4v) is 5.57. The van der Waals surface area contributed by atoms with Gasteiger partial charge in [-0.1, -0.05) is 81.4 Å². The van der Waals surface area contributed by atoms with Gasteiger partial charge in [-0.05, 0) is 92.7 Å². The Morgan fingerprint density at radius 2 is 1.39 bits per heavy atom. The van der Waals surface area contributed by atoms with E-state index in [4.69, 9.17) is 9.47 Å². The average molecular weight is 615 g/mol. The molecule has 8 heteroatoms. The van der Waals surface area contributed by atoms with Gasteiger partial charge in [0, 0.05) is 0 Å². The number of ether oxygens (including phenoxy) is 2. The van der Waals surface area contributed by atoms with E-state index in [1.165, 1.54) is 19.2 Å². The Bertz CT molecular complexity index is 1410. The molecule has 3 unspecified atom stereocenters. The van der Waals surface area contributed by atoms with Crippen LogP contribution in [0, 0.1) is 5.41 Å². The van der Waals surface area contributed by atoms with Gasteiger partial charge in [0.2, 0.25) is 0 Å². The summed E-state index contributed by atoms with van der Waals surface area (Å²) in [7, 11) is 1.47. The molecule has 44 heavy (non-hydrogen) atoms. The molecular formula is C36H45F3O5. The van der Waals surface area contributed by atoms with Crippen LogP contribution in [0.5, 0.6) is 11.5 Å². The van der Waals surface area contributed by atoms with E-state index in [9.17, 15) is 28.2 Å². The first-order valence-electron chi connectivity index (χ1n) is 14.8. The highest BCUT2D eigenvalue weighted by Crippen LogP contribution is 2.46. The van der Waals surface area contributed by atoms with E-state index in [0.717, 1.165) is 23.6 Å². The zero-order valence-electron chi connectivity index (χ0n) is 26.9. The molecule has 0 aliphatic carbocycles.